The zero-order valence-corrected chi connectivity index (χ0v) is 12.3. The van der Waals surface area contributed by atoms with Crippen molar-refractivity contribution in [2.24, 2.45) is 0 Å². The number of anilines is 1. The van der Waals surface area contributed by atoms with Crippen LogP contribution in [0.1, 0.15) is 25.3 Å². The minimum Gasteiger partial charge on any atom is -0.466 e. The molecular weight excluding hydrogens is 289 g/mol. The summed E-state index contributed by atoms with van der Waals surface area (Å²) in [5, 5.41) is 3.37. The van der Waals surface area contributed by atoms with E-state index in [2.05, 4.69) is 5.32 Å². The summed E-state index contributed by atoms with van der Waals surface area (Å²) in [5.41, 5.74) is 1.18. The first-order valence-electron chi connectivity index (χ1n) is 5.85. The van der Waals surface area contributed by atoms with Gasteiger partial charge in [-0.05, 0) is 25.5 Å². The van der Waals surface area contributed by atoms with Crippen molar-refractivity contribution in [1.82, 2.24) is 0 Å². The molecule has 1 aromatic rings. The topological polar surface area (TPSA) is 55.4 Å². The summed E-state index contributed by atoms with van der Waals surface area (Å²) in [6.07, 6.45) is 0.0557. The number of amides is 1. The molecule has 0 bridgehead atoms. The van der Waals surface area contributed by atoms with Crippen molar-refractivity contribution in [3.63, 3.8) is 0 Å². The lowest BCUT2D eigenvalue weighted by atomic mass is 10.2. The number of nitrogens with one attached hydrogen (secondary N) is 1. The van der Waals surface area contributed by atoms with Gasteiger partial charge in [-0.2, -0.15) is 0 Å². The third-order valence-electron chi connectivity index (χ3n) is 2.41. The molecule has 0 heterocycles. The number of aryl methyl sites for hydroxylation is 1. The Balaban J connectivity index is 2.63. The van der Waals surface area contributed by atoms with Gasteiger partial charge in [-0.25, -0.2) is 0 Å². The molecule has 0 saturated heterocycles. The Morgan fingerprint density at radius 3 is 2.58 bits per heavy atom. The fourth-order valence-electron chi connectivity index (χ4n) is 1.42. The molecule has 4 nitrogen and oxygen atoms in total. The summed E-state index contributed by atoms with van der Waals surface area (Å²) in [5.74, 6) is -0.735. The number of halogens is 2. The molecule has 104 valence electrons. The summed E-state index contributed by atoms with van der Waals surface area (Å²) < 4.78 is 4.74. The number of ether oxygens (including phenoxy) is 1. The zero-order chi connectivity index (χ0) is 14.4. The van der Waals surface area contributed by atoms with E-state index < -0.39 is 5.97 Å². The van der Waals surface area contributed by atoms with Gasteiger partial charge in [0.1, 0.15) is 0 Å². The second kappa shape index (κ2) is 7.36. The highest BCUT2D eigenvalue weighted by Gasteiger charge is 2.13. The summed E-state index contributed by atoms with van der Waals surface area (Å²) in [6, 6.07) is 3.42. The Morgan fingerprint density at radius 1 is 1.26 bits per heavy atom. The quantitative estimate of drug-likeness (QED) is 0.846. The van der Waals surface area contributed by atoms with Gasteiger partial charge < -0.3 is 10.1 Å². The van der Waals surface area contributed by atoms with Crippen molar-refractivity contribution < 1.29 is 14.3 Å². The number of carbonyl (C=O) groups excluding carboxylic acids is 2. The van der Waals surface area contributed by atoms with Crippen LogP contribution in [0.4, 0.5) is 5.69 Å². The summed E-state index contributed by atoms with van der Waals surface area (Å²) in [4.78, 5) is 22.8. The largest absolute Gasteiger partial charge is 0.466 e. The lowest BCUT2D eigenvalue weighted by molar-refractivity contribution is -0.144. The van der Waals surface area contributed by atoms with Crippen molar-refractivity contribution in [3.05, 3.63) is 27.7 Å². The predicted octanol–water partition coefficient (Wildman–Crippen LogP) is 3.58. The lowest BCUT2D eigenvalue weighted by Gasteiger charge is -2.10. The number of esters is 1. The van der Waals surface area contributed by atoms with E-state index in [0.29, 0.717) is 22.3 Å². The Bertz CT molecular complexity index is 489. The molecule has 1 rings (SSSR count). The maximum Gasteiger partial charge on any atom is 0.306 e. The van der Waals surface area contributed by atoms with Crippen LogP contribution in [-0.2, 0) is 14.3 Å². The van der Waals surface area contributed by atoms with E-state index in [0.717, 1.165) is 5.56 Å². The van der Waals surface area contributed by atoms with Gasteiger partial charge in [0.05, 0.1) is 28.8 Å². The van der Waals surface area contributed by atoms with Gasteiger partial charge in [0, 0.05) is 6.42 Å². The van der Waals surface area contributed by atoms with E-state index in [1.165, 1.54) is 0 Å². The highest BCUT2D eigenvalue weighted by molar-refractivity contribution is 6.40. The lowest BCUT2D eigenvalue weighted by Crippen LogP contribution is -2.15. The van der Waals surface area contributed by atoms with Crippen LogP contribution in [0.3, 0.4) is 0 Å². The van der Waals surface area contributed by atoms with Crippen LogP contribution >= 0.6 is 23.2 Å². The van der Waals surface area contributed by atoms with Crippen LogP contribution in [0.5, 0.6) is 0 Å². The second-order valence-electron chi connectivity index (χ2n) is 3.91. The van der Waals surface area contributed by atoms with Crippen LogP contribution < -0.4 is 5.32 Å². The van der Waals surface area contributed by atoms with Crippen LogP contribution in [0.15, 0.2) is 12.1 Å². The first-order valence-corrected chi connectivity index (χ1v) is 6.61. The van der Waals surface area contributed by atoms with E-state index >= 15 is 0 Å². The van der Waals surface area contributed by atoms with Gasteiger partial charge in [0.25, 0.3) is 0 Å². The molecule has 1 aromatic carbocycles. The van der Waals surface area contributed by atoms with Gasteiger partial charge in [-0.15, -0.1) is 0 Å². The number of hydrogen-bond donors (Lipinski definition) is 1. The minimum atomic E-state index is -0.404. The Hall–Kier alpha value is -1.26. The average Bonchev–Trinajstić information content (AvgIpc) is 2.37. The predicted molar refractivity (Wildman–Crippen MR) is 75.7 cm³/mol. The van der Waals surface area contributed by atoms with Crippen molar-refractivity contribution >= 4 is 40.8 Å². The molecule has 0 atom stereocenters. The van der Waals surface area contributed by atoms with E-state index in [1.54, 1.807) is 19.1 Å². The number of hydrogen-bond acceptors (Lipinski definition) is 3. The van der Waals surface area contributed by atoms with Crippen LogP contribution in [0.2, 0.25) is 10.0 Å². The number of benzene rings is 1. The van der Waals surface area contributed by atoms with Crippen molar-refractivity contribution in [3.8, 4) is 0 Å². The third-order valence-corrected chi connectivity index (χ3v) is 3.21. The molecular formula is C13H15Cl2NO3. The van der Waals surface area contributed by atoms with Gasteiger partial charge in [0.2, 0.25) is 5.91 Å². The molecule has 6 heteroatoms. The summed E-state index contributed by atoms with van der Waals surface area (Å²) >= 11 is 12.0. The Kier molecular flexibility index (Phi) is 6.12. The molecule has 1 amide bonds. The normalized spacial score (nSPS) is 10.1. The summed E-state index contributed by atoms with van der Waals surface area (Å²) in [6.45, 7) is 3.83. The molecule has 0 aliphatic rings. The van der Waals surface area contributed by atoms with Crippen LogP contribution in [0.25, 0.3) is 0 Å². The molecule has 19 heavy (non-hydrogen) atoms. The molecule has 0 saturated carbocycles. The first kappa shape index (κ1) is 15.8. The molecule has 0 spiro atoms. The van der Waals surface area contributed by atoms with Gasteiger partial charge in [-0.3, -0.25) is 9.59 Å². The fraction of sp³-hybridized carbons (Fsp3) is 0.385. The molecule has 1 N–H and O–H groups in total. The Labute approximate surface area is 122 Å². The minimum absolute atomic E-state index is 0.0272. The highest BCUT2D eigenvalue weighted by atomic mass is 35.5. The maximum absolute atomic E-state index is 11.7. The molecule has 0 fully saturated rings. The molecule has 0 unspecified atom stereocenters. The summed E-state index contributed by atoms with van der Waals surface area (Å²) in [7, 11) is 0. The van der Waals surface area contributed by atoms with Crippen molar-refractivity contribution in [1.29, 1.82) is 0 Å². The van der Waals surface area contributed by atoms with E-state index in [1.807, 2.05) is 6.92 Å². The third kappa shape index (κ3) is 4.73. The monoisotopic (exact) mass is 303 g/mol. The van der Waals surface area contributed by atoms with Crippen molar-refractivity contribution in [2.45, 2.75) is 26.7 Å². The maximum atomic E-state index is 11.7. The SMILES string of the molecule is CCOC(=O)CCC(=O)Nc1c(Cl)ccc(C)c1Cl. The van der Waals surface area contributed by atoms with Crippen LogP contribution in [0, 0.1) is 6.92 Å². The van der Waals surface area contributed by atoms with Crippen molar-refractivity contribution in [2.75, 3.05) is 11.9 Å². The van der Waals surface area contributed by atoms with Gasteiger partial charge in [-0.1, -0.05) is 29.3 Å². The van der Waals surface area contributed by atoms with E-state index in [-0.39, 0.29) is 18.7 Å². The van der Waals surface area contributed by atoms with Crippen LogP contribution in [-0.4, -0.2) is 18.5 Å². The molecule has 0 aromatic heterocycles. The molecule has 0 radical (unpaired) electrons. The standard InChI is InChI=1S/C13H15Cl2NO3/c1-3-19-11(18)7-6-10(17)16-13-9(14)5-4-8(2)12(13)15/h4-5H,3,6-7H2,1-2H3,(H,16,17). The smallest absolute Gasteiger partial charge is 0.306 e. The molecule has 0 aliphatic heterocycles. The van der Waals surface area contributed by atoms with Gasteiger partial charge in [0.15, 0.2) is 0 Å². The van der Waals surface area contributed by atoms with Gasteiger partial charge >= 0.3 is 5.97 Å². The van der Waals surface area contributed by atoms with E-state index in [4.69, 9.17) is 27.9 Å². The number of rotatable bonds is 5. The fourth-order valence-corrected chi connectivity index (χ4v) is 1.89. The number of carbonyl (C=O) groups is 2. The van der Waals surface area contributed by atoms with E-state index in [9.17, 15) is 9.59 Å². The Morgan fingerprint density at radius 2 is 1.95 bits per heavy atom. The highest BCUT2D eigenvalue weighted by Crippen LogP contribution is 2.32. The first-order chi connectivity index (χ1) is 8.95. The second-order valence-corrected chi connectivity index (χ2v) is 4.69. The molecule has 0 aliphatic carbocycles. The average molecular weight is 304 g/mol. The zero-order valence-electron chi connectivity index (χ0n) is 10.8.